The Balaban J connectivity index is 2.00. The van der Waals surface area contributed by atoms with Crippen LogP contribution >= 0.6 is 0 Å². The minimum Gasteiger partial charge on any atom is -0.335 e. The molecule has 0 aromatic carbocycles. The summed E-state index contributed by atoms with van der Waals surface area (Å²) in [5.41, 5.74) is 0. The molecule has 14 heavy (non-hydrogen) atoms. The Morgan fingerprint density at radius 2 is 1.93 bits per heavy atom. The van der Waals surface area contributed by atoms with Gasteiger partial charge in [0.15, 0.2) is 9.84 Å². The van der Waals surface area contributed by atoms with Crippen LogP contribution in [0.5, 0.6) is 0 Å². The second-order valence-corrected chi connectivity index (χ2v) is 6.04. The molecule has 0 radical (unpaired) electrons. The third-order valence-corrected chi connectivity index (χ3v) is 4.48. The first-order chi connectivity index (χ1) is 6.58. The topological polar surface area (TPSA) is 54.5 Å². The van der Waals surface area contributed by atoms with Crippen molar-refractivity contribution in [1.82, 2.24) is 4.90 Å². The molecule has 1 unspecified atom stereocenters. The number of nitrogens with zero attached hydrogens (tertiary/aromatic N) is 1. The number of rotatable bonds is 1. The van der Waals surface area contributed by atoms with Crippen molar-refractivity contribution in [2.24, 2.45) is 5.92 Å². The first-order valence-corrected chi connectivity index (χ1v) is 6.55. The number of hydrogen-bond donors (Lipinski definition) is 0. The van der Waals surface area contributed by atoms with E-state index in [1.807, 2.05) is 12.2 Å². The van der Waals surface area contributed by atoms with Crippen molar-refractivity contribution < 1.29 is 13.2 Å². The Morgan fingerprint density at radius 3 is 2.43 bits per heavy atom. The number of sulfone groups is 1. The van der Waals surface area contributed by atoms with Crippen LogP contribution in [0.1, 0.15) is 6.42 Å². The molecule has 2 rings (SSSR count). The van der Waals surface area contributed by atoms with Gasteiger partial charge in [0, 0.05) is 13.1 Å². The van der Waals surface area contributed by atoms with E-state index in [9.17, 15) is 13.2 Å². The van der Waals surface area contributed by atoms with E-state index in [0.29, 0.717) is 19.5 Å². The molecule has 2 aliphatic heterocycles. The van der Waals surface area contributed by atoms with Crippen molar-refractivity contribution in [2.45, 2.75) is 6.42 Å². The lowest BCUT2D eigenvalue weighted by Crippen LogP contribution is -2.34. The average molecular weight is 215 g/mol. The summed E-state index contributed by atoms with van der Waals surface area (Å²) in [5.74, 6) is -0.0801. The lowest BCUT2D eigenvalue weighted by molar-refractivity contribution is -0.133. The van der Waals surface area contributed by atoms with Crippen LogP contribution in [0.25, 0.3) is 0 Å². The summed E-state index contributed by atoms with van der Waals surface area (Å²) in [7, 11) is -2.94. The van der Waals surface area contributed by atoms with Gasteiger partial charge in [-0.15, -0.1) is 0 Å². The Kier molecular flexibility index (Phi) is 2.34. The van der Waals surface area contributed by atoms with Gasteiger partial charge in [0.25, 0.3) is 0 Å². The van der Waals surface area contributed by atoms with Crippen molar-refractivity contribution in [2.75, 3.05) is 24.6 Å². The molecule has 1 amide bonds. The van der Waals surface area contributed by atoms with Crippen LogP contribution in [0.4, 0.5) is 0 Å². The van der Waals surface area contributed by atoms with E-state index in [0.717, 1.165) is 0 Å². The van der Waals surface area contributed by atoms with Gasteiger partial charge in [-0.05, 0) is 6.42 Å². The van der Waals surface area contributed by atoms with Gasteiger partial charge in [-0.3, -0.25) is 4.79 Å². The predicted octanol–water partition coefficient (Wildman–Crippen LogP) is -0.180. The fourth-order valence-electron chi connectivity index (χ4n) is 1.91. The zero-order valence-electron chi connectivity index (χ0n) is 7.85. The molecule has 0 saturated carbocycles. The smallest absolute Gasteiger partial charge is 0.227 e. The van der Waals surface area contributed by atoms with E-state index >= 15 is 0 Å². The Morgan fingerprint density at radius 1 is 1.29 bits per heavy atom. The SMILES string of the molecule is O=C(C1CCS(=O)(=O)C1)N1CC=CC1. The Bertz CT molecular complexity index is 364. The lowest BCUT2D eigenvalue weighted by Gasteiger charge is -2.18. The zero-order chi connectivity index (χ0) is 10.2. The van der Waals surface area contributed by atoms with Gasteiger partial charge in [-0.1, -0.05) is 12.2 Å². The van der Waals surface area contributed by atoms with Crippen LogP contribution in [-0.2, 0) is 14.6 Å². The summed E-state index contributed by atoms with van der Waals surface area (Å²) >= 11 is 0. The molecule has 1 fully saturated rings. The quantitative estimate of drug-likeness (QED) is 0.570. The van der Waals surface area contributed by atoms with Crippen molar-refractivity contribution in [3.8, 4) is 0 Å². The van der Waals surface area contributed by atoms with Crippen molar-refractivity contribution >= 4 is 15.7 Å². The highest BCUT2D eigenvalue weighted by atomic mass is 32.2. The third-order valence-electron chi connectivity index (χ3n) is 2.71. The second-order valence-electron chi connectivity index (χ2n) is 3.81. The molecule has 0 bridgehead atoms. The molecule has 0 aromatic heterocycles. The highest BCUT2D eigenvalue weighted by molar-refractivity contribution is 7.91. The molecule has 2 aliphatic rings. The van der Waals surface area contributed by atoms with Crippen LogP contribution in [0.15, 0.2) is 12.2 Å². The minimum absolute atomic E-state index is 0.00363. The van der Waals surface area contributed by atoms with E-state index in [4.69, 9.17) is 0 Å². The molecule has 1 saturated heterocycles. The predicted molar refractivity (Wildman–Crippen MR) is 52.5 cm³/mol. The highest BCUT2D eigenvalue weighted by Crippen LogP contribution is 2.21. The van der Waals surface area contributed by atoms with E-state index in [-0.39, 0.29) is 23.3 Å². The van der Waals surface area contributed by atoms with E-state index in [2.05, 4.69) is 0 Å². The van der Waals surface area contributed by atoms with Crippen molar-refractivity contribution in [3.63, 3.8) is 0 Å². The molecular formula is C9H13NO3S. The molecule has 5 heteroatoms. The molecule has 0 aliphatic carbocycles. The number of hydrogen-bond acceptors (Lipinski definition) is 3. The van der Waals surface area contributed by atoms with E-state index in [1.165, 1.54) is 0 Å². The summed E-state index contributed by atoms with van der Waals surface area (Å²) in [6.45, 7) is 1.27. The lowest BCUT2D eigenvalue weighted by atomic mass is 10.1. The van der Waals surface area contributed by atoms with Crippen LogP contribution in [0, 0.1) is 5.92 Å². The van der Waals surface area contributed by atoms with Gasteiger partial charge in [-0.25, -0.2) is 8.42 Å². The van der Waals surface area contributed by atoms with Crippen LogP contribution < -0.4 is 0 Å². The summed E-state index contributed by atoms with van der Waals surface area (Å²) < 4.78 is 22.3. The molecule has 0 spiro atoms. The third kappa shape index (κ3) is 1.82. The average Bonchev–Trinajstić information content (AvgIpc) is 2.72. The zero-order valence-corrected chi connectivity index (χ0v) is 8.66. The summed E-state index contributed by atoms with van der Waals surface area (Å²) in [5, 5.41) is 0. The highest BCUT2D eigenvalue weighted by Gasteiger charge is 2.35. The monoisotopic (exact) mass is 215 g/mol. The van der Waals surface area contributed by atoms with Crippen LogP contribution in [-0.4, -0.2) is 43.8 Å². The minimum atomic E-state index is -2.94. The number of carbonyl (C=O) groups is 1. The first-order valence-electron chi connectivity index (χ1n) is 4.73. The molecule has 1 atom stereocenters. The van der Waals surface area contributed by atoms with Gasteiger partial charge in [0.05, 0.1) is 17.4 Å². The first kappa shape index (κ1) is 9.71. The molecule has 0 N–H and O–H groups in total. The van der Waals surface area contributed by atoms with Gasteiger partial charge in [0.2, 0.25) is 5.91 Å². The van der Waals surface area contributed by atoms with Gasteiger partial charge in [-0.2, -0.15) is 0 Å². The fraction of sp³-hybridized carbons (Fsp3) is 0.667. The summed E-state index contributed by atoms with van der Waals surface area (Å²) in [6, 6.07) is 0. The largest absolute Gasteiger partial charge is 0.335 e. The molecule has 78 valence electrons. The van der Waals surface area contributed by atoms with Crippen molar-refractivity contribution in [1.29, 1.82) is 0 Å². The maximum absolute atomic E-state index is 11.8. The second kappa shape index (κ2) is 3.38. The van der Waals surface area contributed by atoms with Crippen LogP contribution in [0.3, 0.4) is 0 Å². The van der Waals surface area contributed by atoms with Gasteiger partial charge >= 0.3 is 0 Å². The Hall–Kier alpha value is -0.840. The summed E-state index contributed by atoms with van der Waals surface area (Å²) in [6.07, 6.45) is 4.36. The Labute approximate surface area is 83.5 Å². The number of carbonyl (C=O) groups excluding carboxylic acids is 1. The van der Waals surface area contributed by atoms with Gasteiger partial charge in [0.1, 0.15) is 0 Å². The van der Waals surface area contributed by atoms with Crippen LogP contribution in [0.2, 0.25) is 0 Å². The van der Waals surface area contributed by atoms with E-state index < -0.39 is 9.84 Å². The maximum atomic E-state index is 11.8. The number of amides is 1. The molecule has 4 nitrogen and oxygen atoms in total. The van der Waals surface area contributed by atoms with Gasteiger partial charge < -0.3 is 4.90 Å². The van der Waals surface area contributed by atoms with Crippen molar-refractivity contribution in [3.05, 3.63) is 12.2 Å². The van der Waals surface area contributed by atoms with E-state index in [1.54, 1.807) is 4.90 Å². The fourth-order valence-corrected chi connectivity index (χ4v) is 3.64. The molecule has 2 heterocycles. The molecular weight excluding hydrogens is 202 g/mol. The maximum Gasteiger partial charge on any atom is 0.227 e. The summed E-state index contributed by atoms with van der Waals surface area (Å²) in [4.78, 5) is 13.5. The normalized spacial score (nSPS) is 29.7. The molecule has 0 aromatic rings. The standard InChI is InChI=1S/C9H13NO3S/c11-9(10-4-1-2-5-10)8-3-6-14(12,13)7-8/h1-2,8H,3-7H2.